The summed E-state index contributed by atoms with van der Waals surface area (Å²) in [6, 6.07) is 13.3. The number of hydrogen-bond acceptors (Lipinski definition) is 8. The van der Waals surface area contributed by atoms with Gasteiger partial charge in [0, 0.05) is 35.5 Å². The van der Waals surface area contributed by atoms with E-state index in [0.29, 0.717) is 27.5 Å². The lowest BCUT2D eigenvalue weighted by atomic mass is 9.60. The van der Waals surface area contributed by atoms with Crippen LogP contribution in [0, 0.1) is 5.41 Å². The van der Waals surface area contributed by atoms with Crippen molar-refractivity contribution in [3.05, 3.63) is 58.7 Å². The maximum Gasteiger partial charge on any atom is 0.407 e. The topological polar surface area (TPSA) is 108 Å². The number of ether oxygens (including phenoxy) is 1. The molecule has 5 rings (SSSR count). The molecule has 2 fully saturated rings. The van der Waals surface area contributed by atoms with Crippen LogP contribution in [-0.4, -0.2) is 54.1 Å². The van der Waals surface area contributed by atoms with Crippen molar-refractivity contribution in [1.29, 1.82) is 0 Å². The summed E-state index contributed by atoms with van der Waals surface area (Å²) in [5.41, 5.74) is 2.09. The zero-order valence-corrected chi connectivity index (χ0v) is 26.2. The Morgan fingerprint density at radius 3 is 2.44 bits per heavy atom. The summed E-state index contributed by atoms with van der Waals surface area (Å²) in [6.45, 7) is 10.8. The molecule has 3 N–H and O–H groups in total. The molecule has 2 aliphatic rings. The van der Waals surface area contributed by atoms with Crippen LogP contribution in [0.5, 0.6) is 0 Å². The number of aromatic nitrogens is 2. The minimum absolute atomic E-state index is 0.148. The predicted molar refractivity (Wildman–Crippen MR) is 168 cm³/mol. The van der Waals surface area contributed by atoms with Gasteiger partial charge in [0.05, 0.1) is 22.6 Å². The summed E-state index contributed by atoms with van der Waals surface area (Å²) in [7, 11) is -2.52. The minimum atomic E-state index is -2.52. The molecule has 1 aliphatic carbocycles. The number of nitrogens with zero attached hydrogens (tertiary/aromatic N) is 3. The summed E-state index contributed by atoms with van der Waals surface area (Å²) in [4.78, 5) is 23.1. The Morgan fingerprint density at radius 1 is 1.07 bits per heavy atom. The first-order valence-electron chi connectivity index (χ1n) is 13.4. The van der Waals surface area contributed by atoms with Crippen LogP contribution < -0.4 is 26.2 Å². The van der Waals surface area contributed by atoms with Crippen LogP contribution in [-0.2, 0) is 9.30 Å². The van der Waals surface area contributed by atoms with Crippen molar-refractivity contribution >= 4 is 70.6 Å². The van der Waals surface area contributed by atoms with Crippen LogP contribution >= 0.6 is 30.3 Å². The molecular weight excluding hydrogens is 582 g/mol. The van der Waals surface area contributed by atoms with Crippen molar-refractivity contribution in [3.63, 3.8) is 0 Å². The largest absolute Gasteiger partial charge is 0.444 e. The number of alkyl carbamates (subject to hydrolysis) is 1. The van der Waals surface area contributed by atoms with E-state index >= 15 is 0 Å². The first-order chi connectivity index (χ1) is 19.2. The third-order valence-corrected chi connectivity index (χ3v) is 9.29. The van der Waals surface area contributed by atoms with Crippen LogP contribution in [0.15, 0.2) is 48.7 Å². The second-order valence-corrected chi connectivity index (χ2v) is 16.3. The molecule has 12 heteroatoms. The molecule has 0 radical (unpaired) electrons. The molecule has 0 atom stereocenters. The van der Waals surface area contributed by atoms with Gasteiger partial charge in [-0.25, -0.2) is 9.78 Å². The third kappa shape index (κ3) is 6.91. The van der Waals surface area contributed by atoms with E-state index in [1.807, 2.05) is 63.2 Å². The zero-order chi connectivity index (χ0) is 29.6. The van der Waals surface area contributed by atoms with E-state index in [1.54, 1.807) is 13.3 Å². The van der Waals surface area contributed by atoms with Gasteiger partial charge in [-0.2, -0.15) is 4.98 Å². The van der Waals surface area contributed by atoms with Crippen molar-refractivity contribution in [3.8, 4) is 0 Å². The monoisotopic (exact) mass is 616 g/mol. The van der Waals surface area contributed by atoms with Gasteiger partial charge in [-0.3, -0.25) is 0 Å². The summed E-state index contributed by atoms with van der Waals surface area (Å²) in [5, 5.41) is 11.1. The van der Waals surface area contributed by atoms with Gasteiger partial charge in [0.15, 0.2) is 5.82 Å². The number of nitrogens with one attached hydrogen (secondary N) is 3. The lowest BCUT2D eigenvalue weighted by Gasteiger charge is -2.60. The average Bonchev–Trinajstić information content (AvgIpc) is 2.81. The second-order valence-electron chi connectivity index (χ2n) is 12.3. The smallest absolute Gasteiger partial charge is 0.407 e. The van der Waals surface area contributed by atoms with Crippen LogP contribution in [0.3, 0.4) is 0 Å². The zero-order valence-electron chi connectivity index (χ0n) is 23.8. The molecule has 1 aromatic heterocycles. The van der Waals surface area contributed by atoms with E-state index in [-0.39, 0.29) is 17.6 Å². The first-order valence-corrected chi connectivity index (χ1v) is 16.8. The Labute approximate surface area is 250 Å². The van der Waals surface area contributed by atoms with Crippen LogP contribution in [0.25, 0.3) is 0 Å². The predicted octanol–water partition coefficient (Wildman–Crippen LogP) is 7.01. The van der Waals surface area contributed by atoms with Crippen LogP contribution in [0.2, 0.25) is 10.0 Å². The number of amides is 1. The fraction of sp³-hybridized carbons (Fsp3) is 0.414. The molecule has 1 aliphatic heterocycles. The molecule has 1 saturated heterocycles. The highest BCUT2D eigenvalue weighted by Gasteiger charge is 2.53. The quantitative estimate of drug-likeness (QED) is 0.243. The standard InChI is InChI=1S/C29H35Cl2N6O3P/c1-28(2,3)40-27(38)34-19-13-29(14-19)16-37(17-29)23-11-10-18(12-20(23)30)33-26-32-15-21(31)25(36-26)35-22-8-6-7-9-24(22)41(4,5)39/h6-12,15,19H,13-14,16-17H2,1-5H3,(H,34,38)(H2,32,33,35,36). The van der Waals surface area contributed by atoms with Crippen molar-refractivity contribution < 1.29 is 14.1 Å². The van der Waals surface area contributed by atoms with E-state index in [0.717, 1.165) is 42.6 Å². The molecule has 1 saturated carbocycles. The summed E-state index contributed by atoms with van der Waals surface area (Å²) in [6.07, 6.45) is 3.02. The number of halogens is 2. The highest BCUT2D eigenvalue weighted by molar-refractivity contribution is 7.70. The van der Waals surface area contributed by atoms with E-state index < -0.39 is 12.7 Å². The Balaban J connectivity index is 1.19. The molecule has 1 spiro atoms. The number of hydrogen-bond donors (Lipinski definition) is 3. The second kappa shape index (κ2) is 11.0. The Morgan fingerprint density at radius 2 is 1.78 bits per heavy atom. The van der Waals surface area contributed by atoms with Gasteiger partial charge >= 0.3 is 6.09 Å². The van der Waals surface area contributed by atoms with Gasteiger partial charge in [0.25, 0.3) is 0 Å². The van der Waals surface area contributed by atoms with E-state index in [9.17, 15) is 9.36 Å². The molecule has 0 unspecified atom stereocenters. The molecule has 9 nitrogen and oxygen atoms in total. The number of benzene rings is 2. The first kappa shape index (κ1) is 29.5. The SMILES string of the molecule is CC(C)(C)OC(=O)NC1CC2(C1)CN(c1ccc(Nc3ncc(Cl)c(Nc4ccccc4P(C)(C)=O)n3)cc1Cl)C2. The van der Waals surface area contributed by atoms with Gasteiger partial charge in [0.1, 0.15) is 17.8 Å². The molecule has 2 aromatic carbocycles. The molecular formula is C29H35Cl2N6O3P. The molecule has 1 amide bonds. The van der Waals surface area contributed by atoms with E-state index in [2.05, 4.69) is 30.8 Å². The number of rotatable bonds is 7. The fourth-order valence-corrected chi connectivity index (χ4v) is 7.01. The van der Waals surface area contributed by atoms with Gasteiger partial charge in [-0.15, -0.1) is 0 Å². The number of carbonyl (C=O) groups excluding carboxylic acids is 1. The summed E-state index contributed by atoms with van der Waals surface area (Å²) in [5.74, 6) is 0.744. The molecule has 41 heavy (non-hydrogen) atoms. The average molecular weight is 618 g/mol. The van der Waals surface area contributed by atoms with Crippen molar-refractivity contribution in [2.45, 2.75) is 45.3 Å². The van der Waals surface area contributed by atoms with Gasteiger partial charge in [0.2, 0.25) is 5.95 Å². The van der Waals surface area contributed by atoms with Crippen LogP contribution in [0.1, 0.15) is 33.6 Å². The highest BCUT2D eigenvalue weighted by atomic mass is 35.5. The molecule has 0 bridgehead atoms. The van der Waals surface area contributed by atoms with Crippen molar-refractivity contribution in [2.75, 3.05) is 42.0 Å². The maximum absolute atomic E-state index is 12.7. The van der Waals surface area contributed by atoms with E-state index in [1.165, 1.54) is 6.20 Å². The van der Waals surface area contributed by atoms with Gasteiger partial charge < -0.3 is 30.2 Å². The lowest BCUT2D eigenvalue weighted by Crippen LogP contribution is -2.66. The van der Waals surface area contributed by atoms with E-state index in [4.69, 9.17) is 27.9 Å². The highest BCUT2D eigenvalue weighted by Crippen LogP contribution is 2.51. The molecule has 3 aromatic rings. The Bertz CT molecular complexity index is 1510. The Kier molecular flexibility index (Phi) is 7.92. The number of anilines is 5. The Hall–Kier alpha value is -3.00. The van der Waals surface area contributed by atoms with Gasteiger partial charge in [-0.1, -0.05) is 35.3 Å². The van der Waals surface area contributed by atoms with Crippen molar-refractivity contribution in [1.82, 2.24) is 15.3 Å². The van der Waals surface area contributed by atoms with Crippen molar-refractivity contribution in [2.24, 2.45) is 5.41 Å². The summed E-state index contributed by atoms with van der Waals surface area (Å²) < 4.78 is 18.1. The lowest BCUT2D eigenvalue weighted by molar-refractivity contribution is 0.0216. The molecule has 2 heterocycles. The van der Waals surface area contributed by atoms with Gasteiger partial charge in [-0.05, 0) is 77.3 Å². The molecule has 218 valence electrons. The minimum Gasteiger partial charge on any atom is -0.444 e. The maximum atomic E-state index is 12.7. The number of carbonyl (C=O) groups is 1. The third-order valence-electron chi connectivity index (χ3n) is 7.16. The fourth-order valence-electron chi connectivity index (χ4n) is 5.42. The number of para-hydroxylation sites is 1. The summed E-state index contributed by atoms with van der Waals surface area (Å²) >= 11 is 13.1. The normalized spacial score (nSPS) is 16.5. The van der Waals surface area contributed by atoms with Crippen LogP contribution in [0.4, 0.5) is 33.6 Å².